The molecule has 1 saturated heterocycles. The molecule has 3 heteroatoms. The van der Waals surface area contributed by atoms with Crippen molar-refractivity contribution in [3.63, 3.8) is 0 Å². The van der Waals surface area contributed by atoms with Gasteiger partial charge in [-0.1, -0.05) is 12.5 Å². The number of hydrogen-bond donors (Lipinski definition) is 2. The van der Waals surface area contributed by atoms with Crippen molar-refractivity contribution in [3.8, 4) is 0 Å². The third-order valence-electron chi connectivity index (χ3n) is 5.14. The third-order valence-corrected chi connectivity index (χ3v) is 5.14. The van der Waals surface area contributed by atoms with Crippen molar-refractivity contribution >= 4 is 16.6 Å². The fraction of sp³-hybridized carbons (Fsp3) is 0.500. The van der Waals surface area contributed by atoms with Gasteiger partial charge in [0.25, 0.3) is 0 Å². The van der Waals surface area contributed by atoms with Gasteiger partial charge in [-0.25, -0.2) is 0 Å². The Morgan fingerprint density at radius 3 is 3.00 bits per heavy atom. The highest BCUT2D eigenvalue weighted by Crippen LogP contribution is 2.34. The van der Waals surface area contributed by atoms with Crippen LogP contribution in [0.2, 0.25) is 0 Å². The van der Waals surface area contributed by atoms with Crippen LogP contribution < -0.4 is 10.6 Å². The molecule has 3 atom stereocenters. The third kappa shape index (κ3) is 2.62. The number of aromatic nitrogens is 1. The van der Waals surface area contributed by atoms with Crippen molar-refractivity contribution in [3.05, 3.63) is 36.5 Å². The lowest BCUT2D eigenvalue weighted by Crippen LogP contribution is -2.38. The van der Waals surface area contributed by atoms with Crippen LogP contribution in [0.1, 0.15) is 32.1 Å². The van der Waals surface area contributed by atoms with Crippen molar-refractivity contribution < 1.29 is 0 Å². The lowest BCUT2D eigenvalue weighted by atomic mass is 9.93. The molecular formula is C18H23N3. The lowest BCUT2D eigenvalue weighted by Gasteiger charge is -2.27. The van der Waals surface area contributed by atoms with Gasteiger partial charge in [0.05, 0.1) is 5.52 Å². The number of rotatable bonds is 3. The van der Waals surface area contributed by atoms with Crippen LogP contribution in [0.25, 0.3) is 10.9 Å². The predicted octanol–water partition coefficient (Wildman–Crippen LogP) is 3.57. The first kappa shape index (κ1) is 13.1. The van der Waals surface area contributed by atoms with E-state index in [1.54, 1.807) is 0 Å². The van der Waals surface area contributed by atoms with Crippen molar-refractivity contribution in [2.24, 2.45) is 5.92 Å². The summed E-state index contributed by atoms with van der Waals surface area (Å²) in [4.78, 5) is 4.39. The van der Waals surface area contributed by atoms with E-state index in [1.807, 2.05) is 12.3 Å². The molecule has 3 nitrogen and oxygen atoms in total. The van der Waals surface area contributed by atoms with E-state index in [0.717, 1.165) is 17.5 Å². The maximum Gasteiger partial charge on any atom is 0.0703 e. The molecule has 21 heavy (non-hydrogen) atoms. The highest BCUT2D eigenvalue weighted by molar-refractivity contribution is 5.82. The molecule has 3 unspecified atom stereocenters. The second-order valence-electron chi connectivity index (χ2n) is 6.46. The minimum absolute atomic E-state index is 0.620. The summed E-state index contributed by atoms with van der Waals surface area (Å²) in [6, 6.07) is 12.0. The van der Waals surface area contributed by atoms with E-state index in [-0.39, 0.29) is 0 Å². The Hall–Kier alpha value is -1.61. The van der Waals surface area contributed by atoms with E-state index in [4.69, 9.17) is 0 Å². The van der Waals surface area contributed by atoms with Gasteiger partial charge in [0.1, 0.15) is 0 Å². The Kier molecular flexibility index (Phi) is 3.52. The summed E-state index contributed by atoms with van der Waals surface area (Å²) in [5.74, 6) is 0.789. The normalized spacial score (nSPS) is 29.0. The molecule has 2 heterocycles. The first-order valence-electron chi connectivity index (χ1n) is 8.25. The SMILES string of the molecule is c1cnc2ccc(NC3CCCC3C3CCCN3)cc2c1. The molecule has 4 rings (SSSR count). The molecule has 2 N–H and O–H groups in total. The molecule has 0 spiro atoms. The monoisotopic (exact) mass is 281 g/mol. The van der Waals surface area contributed by atoms with Crippen LogP contribution in [-0.4, -0.2) is 23.6 Å². The van der Waals surface area contributed by atoms with E-state index in [2.05, 4.69) is 39.9 Å². The summed E-state index contributed by atoms with van der Waals surface area (Å²) in [5, 5.41) is 8.70. The zero-order valence-electron chi connectivity index (χ0n) is 12.4. The largest absolute Gasteiger partial charge is 0.382 e. The van der Waals surface area contributed by atoms with Crippen molar-refractivity contribution in [2.75, 3.05) is 11.9 Å². The summed E-state index contributed by atoms with van der Waals surface area (Å²) >= 11 is 0. The molecule has 0 amide bonds. The molecule has 1 saturated carbocycles. The minimum Gasteiger partial charge on any atom is -0.382 e. The standard InChI is InChI=1S/C18H23N3/c1-5-15(17-7-3-11-20-17)18(6-1)21-14-8-9-16-13(12-14)4-2-10-19-16/h2,4,8-10,12,15,17-18,20-21H,1,3,5-7,11H2. The fourth-order valence-corrected chi connectivity index (χ4v) is 4.11. The highest BCUT2D eigenvalue weighted by Gasteiger charge is 2.34. The van der Waals surface area contributed by atoms with Crippen molar-refractivity contribution in [1.29, 1.82) is 0 Å². The smallest absolute Gasteiger partial charge is 0.0703 e. The van der Waals surface area contributed by atoms with Gasteiger partial charge in [0.2, 0.25) is 0 Å². The summed E-state index contributed by atoms with van der Waals surface area (Å²) in [7, 11) is 0. The van der Waals surface area contributed by atoms with E-state index in [1.165, 1.54) is 49.7 Å². The van der Waals surface area contributed by atoms with Crippen LogP contribution in [-0.2, 0) is 0 Å². The molecule has 2 aliphatic rings. The molecule has 2 fully saturated rings. The van der Waals surface area contributed by atoms with Gasteiger partial charge >= 0.3 is 0 Å². The molecule has 110 valence electrons. The molecule has 1 aromatic heterocycles. The van der Waals surface area contributed by atoms with Gasteiger partial charge < -0.3 is 10.6 Å². The van der Waals surface area contributed by atoms with Gasteiger partial charge in [-0.15, -0.1) is 0 Å². The van der Waals surface area contributed by atoms with E-state index in [9.17, 15) is 0 Å². The van der Waals surface area contributed by atoms with Crippen LogP contribution >= 0.6 is 0 Å². The van der Waals surface area contributed by atoms with Crippen LogP contribution in [0.15, 0.2) is 36.5 Å². The molecule has 1 aliphatic carbocycles. The van der Waals surface area contributed by atoms with E-state index < -0.39 is 0 Å². The predicted molar refractivity (Wildman–Crippen MR) is 87.5 cm³/mol. The van der Waals surface area contributed by atoms with Gasteiger partial charge in [-0.05, 0) is 62.4 Å². The van der Waals surface area contributed by atoms with Crippen LogP contribution in [0.4, 0.5) is 5.69 Å². The van der Waals surface area contributed by atoms with Crippen molar-refractivity contribution in [1.82, 2.24) is 10.3 Å². The Labute approximate surface area is 126 Å². The Bertz CT molecular complexity index is 619. The van der Waals surface area contributed by atoms with Gasteiger partial charge in [0, 0.05) is 29.4 Å². The Balaban J connectivity index is 1.53. The lowest BCUT2D eigenvalue weighted by molar-refractivity contribution is 0.376. The zero-order chi connectivity index (χ0) is 14.1. The Morgan fingerprint density at radius 2 is 2.10 bits per heavy atom. The van der Waals surface area contributed by atoms with Crippen molar-refractivity contribution in [2.45, 2.75) is 44.2 Å². The van der Waals surface area contributed by atoms with E-state index in [0.29, 0.717) is 6.04 Å². The number of nitrogens with one attached hydrogen (secondary N) is 2. The summed E-state index contributed by atoms with van der Waals surface area (Å²) in [6.07, 6.45) is 8.57. The molecule has 1 aromatic carbocycles. The number of nitrogens with zero attached hydrogens (tertiary/aromatic N) is 1. The topological polar surface area (TPSA) is 37.0 Å². The molecule has 2 aromatic rings. The number of pyridine rings is 1. The van der Waals surface area contributed by atoms with Crippen LogP contribution in [0.5, 0.6) is 0 Å². The number of hydrogen-bond acceptors (Lipinski definition) is 3. The average molecular weight is 281 g/mol. The maximum absolute atomic E-state index is 4.39. The van der Waals surface area contributed by atoms with Crippen LogP contribution in [0, 0.1) is 5.92 Å². The van der Waals surface area contributed by atoms with Gasteiger partial charge in [0.15, 0.2) is 0 Å². The minimum atomic E-state index is 0.620. The summed E-state index contributed by atoms with van der Waals surface area (Å²) in [6.45, 7) is 1.20. The second kappa shape index (κ2) is 5.64. The number of benzene rings is 1. The molecule has 0 radical (unpaired) electrons. The second-order valence-corrected chi connectivity index (χ2v) is 6.46. The number of fused-ring (bicyclic) bond motifs is 1. The Morgan fingerprint density at radius 1 is 1.10 bits per heavy atom. The number of anilines is 1. The van der Waals surface area contributed by atoms with Gasteiger partial charge in [-0.3, -0.25) is 4.98 Å². The average Bonchev–Trinajstić information content (AvgIpc) is 3.18. The molecule has 1 aliphatic heterocycles. The highest BCUT2D eigenvalue weighted by atomic mass is 15.0. The summed E-state index contributed by atoms with van der Waals surface area (Å²) < 4.78 is 0. The molecule has 0 bridgehead atoms. The first-order chi connectivity index (χ1) is 10.4. The van der Waals surface area contributed by atoms with Crippen LogP contribution in [0.3, 0.4) is 0 Å². The molecular weight excluding hydrogens is 258 g/mol. The quantitative estimate of drug-likeness (QED) is 0.903. The van der Waals surface area contributed by atoms with Gasteiger partial charge in [-0.2, -0.15) is 0 Å². The maximum atomic E-state index is 4.39. The van der Waals surface area contributed by atoms with E-state index >= 15 is 0 Å². The summed E-state index contributed by atoms with van der Waals surface area (Å²) in [5.41, 5.74) is 2.31. The first-order valence-corrected chi connectivity index (χ1v) is 8.25. The fourth-order valence-electron chi connectivity index (χ4n) is 4.11. The zero-order valence-corrected chi connectivity index (χ0v) is 12.4.